The summed E-state index contributed by atoms with van der Waals surface area (Å²) in [6, 6.07) is 15.5. The first-order valence-corrected chi connectivity index (χ1v) is 9.96. The predicted molar refractivity (Wildman–Crippen MR) is 114 cm³/mol. The highest BCUT2D eigenvalue weighted by molar-refractivity contribution is 6.00. The molecule has 1 aliphatic heterocycles. The third kappa shape index (κ3) is 3.42. The molecule has 8 heteroatoms. The number of fused-ring (bicyclic) bond motifs is 2. The minimum Gasteiger partial charge on any atom is -0.461 e. The van der Waals surface area contributed by atoms with Crippen molar-refractivity contribution >= 4 is 17.4 Å². The Balaban J connectivity index is 1.56. The molecule has 0 saturated heterocycles. The number of ether oxygens (including phenoxy) is 3. The number of nitrogens with one attached hydrogen (secondary N) is 1. The van der Waals surface area contributed by atoms with Gasteiger partial charge in [-0.25, -0.2) is 14.8 Å². The summed E-state index contributed by atoms with van der Waals surface area (Å²) >= 11 is 0. The Hall–Kier alpha value is -4.07. The first-order valence-electron chi connectivity index (χ1n) is 9.96. The first-order chi connectivity index (χ1) is 15.3. The monoisotopic (exact) mass is 416 g/mol. The third-order valence-electron chi connectivity index (χ3n) is 5.04. The van der Waals surface area contributed by atoms with Crippen LogP contribution in [0.2, 0.25) is 0 Å². The number of rotatable bonds is 6. The zero-order valence-electron chi connectivity index (χ0n) is 16.9. The summed E-state index contributed by atoms with van der Waals surface area (Å²) in [6.07, 6.45) is 3.32. The van der Waals surface area contributed by atoms with Crippen LogP contribution in [0.25, 0.3) is 16.6 Å². The maximum atomic E-state index is 12.6. The molecular formula is C23H20N4O4. The molecule has 2 aromatic heterocycles. The molecule has 0 spiro atoms. The maximum Gasteiger partial charge on any atom is 0.359 e. The van der Waals surface area contributed by atoms with Gasteiger partial charge in [-0.1, -0.05) is 42.5 Å². The molecule has 8 nitrogen and oxygen atoms in total. The number of nitrogens with zero attached hydrogens (tertiary/aromatic N) is 3. The predicted octanol–water partition coefficient (Wildman–Crippen LogP) is 3.91. The van der Waals surface area contributed by atoms with Gasteiger partial charge in [-0.15, -0.1) is 0 Å². The second-order valence-corrected chi connectivity index (χ2v) is 6.90. The van der Waals surface area contributed by atoms with E-state index in [1.54, 1.807) is 23.8 Å². The van der Waals surface area contributed by atoms with Crippen molar-refractivity contribution < 1.29 is 19.0 Å². The van der Waals surface area contributed by atoms with E-state index in [1.165, 1.54) is 0 Å². The van der Waals surface area contributed by atoms with Crippen LogP contribution in [0.4, 0.5) is 5.95 Å². The highest BCUT2D eigenvalue weighted by Gasteiger charge is 2.22. The van der Waals surface area contributed by atoms with E-state index in [9.17, 15) is 4.79 Å². The van der Waals surface area contributed by atoms with Gasteiger partial charge in [0, 0.05) is 23.9 Å². The molecule has 1 aliphatic rings. The lowest BCUT2D eigenvalue weighted by atomic mass is 10.1. The standard InChI is InChI=1S/C23H20N4O4/c1-2-29-22(28)19-20-17(15-7-4-3-5-8-15)12-25-23(27(20)13-26-19)24-11-16-9-6-10-18-21(16)31-14-30-18/h3-10,12-13H,2,11,14H2,1H3,(H,24,25). The van der Waals surface area contributed by atoms with Crippen molar-refractivity contribution in [3.05, 3.63) is 72.3 Å². The maximum absolute atomic E-state index is 12.6. The number of anilines is 1. The molecule has 0 bridgehead atoms. The van der Waals surface area contributed by atoms with Crippen molar-refractivity contribution in [3.8, 4) is 22.6 Å². The molecule has 0 unspecified atom stereocenters. The van der Waals surface area contributed by atoms with E-state index in [2.05, 4.69) is 15.3 Å². The molecule has 4 aromatic rings. The minimum absolute atomic E-state index is 0.213. The quantitative estimate of drug-likeness (QED) is 0.477. The molecular weight excluding hydrogens is 396 g/mol. The number of esters is 1. The molecule has 156 valence electrons. The number of carbonyl (C=O) groups excluding carboxylic acids is 1. The van der Waals surface area contributed by atoms with Crippen LogP contribution in [0.3, 0.4) is 0 Å². The number of hydrogen-bond acceptors (Lipinski definition) is 7. The number of benzene rings is 2. The normalized spacial score (nSPS) is 12.2. The van der Waals surface area contributed by atoms with Crippen LogP contribution in [-0.2, 0) is 11.3 Å². The van der Waals surface area contributed by atoms with Gasteiger partial charge in [-0.3, -0.25) is 4.40 Å². The second-order valence-electron chi connectivity index (χ2n) is 6.90. The van der Waals surface area contributed by atoms with Crippen molar-refractivity contribution in [2.45, 2.75) is 13.5 Å². The van der Waals surface area contributed by atoms with Crippen LogP contribution >= 0.6 is 0 Å². The van der Waals surface area contributed by atoms with Crippen LogP contribution in [0, 0.1) is 0 Å². The Bertz CT molecular complexity index is 1250. The zero-order chi connectivity index (χ0) is 21.2. The van der Waals surface area contributed by atoms with Crippen LogP contribution in [0.1, 0.15) is 23.0 Å². The molecule has 1 N–H and O–H groups in total. The summed E-state index contributed by atoms with van der Waals surface area (Å²) in [7, 11) is 0. The molecule has 31 heavy (non-hydrogen) atoms. The number of carbonyl (C=O) groups is 1. The second kappa shape index (κ2) is 7.98. The third-order valence-corrected chi connectivity index (χ3v) is 5.04. The van der Waals surface area contributed by atoms with Crippen LogP contribution in [0.15, 0.2) is 61.1 Å². The number of para-hydroxylation sites is 1. The average molecular weight is 416 g/mol. The van der Waals surface area contributed by atoms with Crippen LogP contribution in [-0.4, -0.2) is 33.7 Å². The number of aromatic nitrogens is 3. The highest BCUT2D eigenvalue weighted by Crippen LogP contribution is 2.36. The van der Waals surface area contributed by atoms with E-state index in [0.717, 1.165) is 28.2 Å². The summed E-state index contributed by atoms with van der Waals surface area (Å²) in [6.45, 7) is 2.72. The Morgan fingerprint density at radius 1 is 1.13 bits per heavy atom. The van der Waals surface area contributed by atoms with Gasteiger partial charge in [0.05, 0.1) is 12.1 Å². The molecule has 0 saturated carbocycles. The molecule has 0 radical (unpaired) electrons. The lowest BCUT2D eigenvalue weighted by Crippen LogP contribution is -2.09. The molecule has 3 heterocycles. The zero-order valence-corrected chi connectivity index (χ0v) is 16.9. The van der Waals surface area contributed by atoms with Gasteiger partial charge in [0.25, 0.3) is 0 Å². The molecule has 0 aliphatic carbocycles. The summed E-state index contributed by atoms with van der Waals surface area (Å²) in [5.74, 6) is 1.54. The topological polar surface area (TPSA) is 87.0 Å². The lowest BCUT2D eigenvalue weighted by Gasteiger charge is -2.12. The fourth-order valence-corrected chi connectivity index (χ4v) is 3.63. The van der Waals surface area contributed by atoms with Crippen molar-refractivity contribution in [2.24, 2.45) is 0 Å². The SMILES string of the molecule is CCOC(=O)c1ncn2c(NCc3cccc4c3OCO4)ncc(-c3ccccc3)c12. The van der Waals surface area contributed by atoms with Crippen LogP contribution in [0.5, 0.6) is 11.5 Å². The molecule has 0 atom stereocenters. The minimum atomic E-state index is -0.467. The van der Waals surface area contributed by atoms with Gasteiger partial charge in [0.1, 0.15) is 6.33 Å². The van der Waals surface area contributed by atoms with Gasteiger partial charge in [-0.2, -0.15) is 0 Å². The average Bonchev–Trinajstić information content (AvgIpc) is 3.46. The number of hydrogen-bond donors (Lipinski definition) is 1. The van der Waals surface area contributed by atoms with Gasteiger partial charge in [-0.05, 0) is 18.6 Å². The Morgan fingerprint density at radius 3 is 2.84 bits per heavy atom. The molecule has 5 rings (SSSR count). The van der Waals surface area contributed by atoms with E-state index in [0.29, 0.717) is 18.0 Å². The van der Waals surface area contributed by atoms with Gasteiger partial charge < -0.3 is 19.5 Å². The largest absolute Gasteiger partial charge is 0.461 e. The summed E-state index contributed by atoms with van der Waals surface area (Å²) in [5, 5.41) is 3.32. The summed E-state index contributed by atoms with van der Waals surface area (Å²) < 4.78 is 18.0. The van der Waals surface area contributed by atoms with Gasteiger partial charge in [0.15, 0.2) is 17.2 Å². The van der Waals surface area contributed by atoms with Crippen molar-refractivity contribution in [2.75, 3.05) is 18.7 Å². The highest BCUT2D eigenvalue weighted by atomic mass is 16.7. The summed E-state index contributed by atoms with van der Waals surface area (Å²) in [5.41, 5.74) is 3.57. The summed E-state index contributed by atoms with van der Waals surface area (Å²) in [4.78, 5) is 21.5. The molecule has 2 aromatic carbocycles. The van der Waals surface area contributed by atoms with Gasteiger partial charge >= 0.3 is 5.97 Å². The van der Waals surface area contributed by atoms with Crippen LogP contribution < -0.4 is 14.8 Å². The van der Waals surface area contributed by atoms with E-state index in [-0.39, 0.29) is 19.1 Å². The Morgan fingerprint density at radius 2 is 2.00 bits per heavy atom. The lowest BCUT2D eigenvalue weighted by molar-refractivity contribution is 0.0522. The molecule has 0 fully saturated rings. The Labute approximate surface area is 178 Å². The van der Waals surface area contributed by atoms with Crippen molar-refractivity contribution in [3.63, 3.8) is 0 Å². The van der Waals surface area contributed by atoms with Crippen molar-refractivity contribution in [1.82, 2.24) is 14.4 Å². The van der Waals surface area contributed by atoms with Crippen molar-refractivity contribution in [1.29, 1.82) is 0 Å². The van der Waals surface area contributed by atoms with Gasteiger partial charge in [0.2, 0.25) is 12.7 Å². The van der Waals surface area contributed by atoms with E-state index in [1.807, 2.05) is 48.5 Å². The molecule has 0 amide bonds. The van der Waals surface area contributed by atoms with E-state index >= 15 is 0 Å². The first kappa shape index (κ1) is 18.9. The van der Waals surface area contributed by atoms with E-state index < -0.39 is 5.97 Å². The van der Waals surface area contributed by atoms with E-state index in [4.69, 9.17) is 14.2 Å². The fourth-order valence-electron chi connectivity index (χ4n) is 3.63. The Kier molecular flexibility index (Phi) is 4.87. The fraction of sp³-hybridized carbons (Fsp3) is 0.174. The smallest absolute Gasteiger partial charge is 0.359 e. The number of imidazole rings is 1.